The van der Waals surface area contributed by atoms with E-state index in [9.17, 15) is 9.59 Å². The number of aromatic nitrogens is 2. The van der Waals surface area contributed by atoms with Gasteiger partial charge in [-0.25, -0.2) is 0 Å². The first-order valence-electron chi connectivity index (χ1n) is 6.21. The first-order chi connectivity index (χ1) is 8.71. The number of carboxylic acid groups (broad SMARTS) is 1. The van der Waals surface area contributed by atoms with Crippen molar-refractivity contribution in [3.63, 3.8) is 0 Å². The van der Waals surface area contributed by atoms with E-state index in [1.54, 1.807) is 25.5 Å². The molecule has 1 amide bonds. The molecule has 0 aliphatic carbocycles. The molecule has 0 saturated carbocycles. The molecule has 2 N–H and O–H groups in total. The number of amides is 1. The number of nitrogens with zero attached hydrogens (tertiary/aromatic N) is 2. The topological polar surface area (TPSA) is 84.2 Å². The summed E-state index contributed by atoms with van der Waals surface area (Å²) in [4.78, 5) is 23.1. The van der Waals surface area contributed by atoms with Gasteiger partial charge in [-0.2, -0.15) is 5.10 Å². The molecule has 0 aliphatic rings. The molecule has 1 atom stereocenters. The van der Waals surface area contributed by atoms with Gasteiger partial charge in [-0.3, -0.25) is 14.3 Å². The normalized spacial score (nSPS) is 13.1. The quantitative estimate of drug-likeness (QED) is 0.774. The Bertz CT molecular complexity index is 460. The van der Waals surface area contributed by atoms with Crippen molar-refractivity contribution < 1.29 is 14.7 Å². The Balaban J connectivity index is 2.52. The van der Waals surface area contributed by atoms with Gasteiger partial charge in [0.15, 0.2) is 0 Å². The molecule has 19 heavy (non-hydrogen) atoms. The molecule has 6 heteroatoms. The fourth-order valence-corrected chi connectivity index (χ4v) is 1.89. The summed E-state index contributed by atoms with van der Waals surface area (Å²) in [6, 6.07) is 1.87. The lowest BCUT2D eigenvalue weighted by Gasteiger charge is -2.25. The van der Waals surface area contributed by atoms with Crippen molar-refractivity contribution in [3.05, 3.63) is 18.0 Å². The Morgan fingerprint density at radius 2 is 2.11 bits per heavy atom. The second-order valence-corrected chi connectivity index (χ2v) is 5.66. The number of hydrogen-bond donors (Lipinski definition) is 2. The largest absolute Gasteiger partial charge is 0.481 e. The molecule has 0 saturated heterocycles. The Labute approximate surface area is 112 Å². The highest BCUT2D eigenvalue weighted by molar-refractivity contribution is 5.97. The third-order valence-electron chi connectivity index (χ3n) is 2.82. The van der Waals surface area contributed by atoms with Gasteiger partial charge in [0, 0.05) is 26.2 Å². The zero-order chi connectivity index (χ0) is 14.6. The summed E-state index contributed by atoms with van der Waals surface area (Å²) in [5.74, 6) is -2.59. The predicted octanol–water partition coefficient (Wildman–Crippen LogP) is 0.826. The maximum absolute atomic E-state index is 11.9. The van der Waals surface area contributed by atoms with Crippen molar-refractivity contribution >= 4 is 11.9 Å². The van der Waals surface area contributed by atoms with Crippen molar-refractivity contribution in [1.82, 2.24) is 15.1 Å². The molecule has 1 aromatic rings. The number of carbonyl (C=O) groups excluding carboxylic acids is 1. The number of aliphatic carboxylic acids is 1. The molecule has 0 fully saturated rings. The minimum absolute atomic E-state index is 0.385. The van der Waals surface area contributed by atoms with E-state index in [4.69, 9.17) is 5.11 Å². The van der Waals surface area contributed by atoms with Crippen molar-refractivity contribution in [1.29, 1.82) is 0 Å². The third kappa shape index (κ3) is 4.39. The van der Waals surface area contributed by atoms with Crippen LogP contribution in [0.5, 0.6) is 0 Å². The standard InChI is InChI=1S/C13H21N3O3/c1-13(2,3)10(12(18)19)11(17)14-7-5-9-6-8-16(4)15-9/h6,8,10H,5,7H2,1-4H3,(H,14,17)(H,18,19). The van der Waals surface area contributed by atoms with Crippen LogP contribution in [0.15, 0.2) is 12.3 Å². The monoisotopic (exact) mass is 267 g/mol. The van der Waals surface area contributed by atoms with Crippen LogP contribution in [0.1, 0.15) is 26.5 Å². The highest BCUT2D eigenvalue weighted by atomic mass is 16.4. The van der Waals surface area contributed by atoms with E-state index >= 15 is 0 Å². The van der Waals surface area contributed by atoms with Crippen LogP contribution in [0.4, 0.5) is 0 Å². The summed E-state index contributed by atoms with van der Waals surface area (Å²) in [5, 5.41) is 16.0. The van der Waals surface area contributed by atoms with Gasteiger partial charge in [0.25, 0.3) is 0 Å². The summed E-state index contributed by atoms with van der Waals surface area (Å²) in [5.41, 5.74) is 0.256. The lowest BCUT2D eigenvalue weighted by Crippen LogP contribution is -2.43. The van der Waals surface area contributed by atoms with E-state index in [-0.39, 0.29) is 0 Å². The summed E-state index contributed by atoms with van der Waals surface area (Å²) in [6.07, 6.45) is 2.41. The number of hydrogen-bond acceptors (Lipinski definition) is 3. The van der Waals surface area contributed by atoms with Gasteiger partial charge in [-0.15, -0.1) is 0 Å². The molecule has 0 spiro atoms. The van der Waals surface area contributed by atoms with Crippen LogP contribution in [-0.4, -0.2) is 33.3 Å². The molecule has 0 bridgehead atoms. The number of carboxylic acids is 1. The van der Waals surface area contributed by atoms with Crippen molar-refractivity contribution in [2.24, 2.45) is 18.4 Å². The molecular formula is C13H21N3O3. The average molecular weight is 267 g/mol. The minimum atomic E-state index is -1.09. The van der Waals surface area contributed by atoms with E-state index < -0.39 is 23.2 Å². The minimum Gasteiger partial charge on any atom is -0.481 e. The summed E-state index contributed by atoms with van der Waals surface area (Å²) in [6.45, 7) is 5.61. The molecule has 1 unspecified atom stereocenters. The highest BCUT2D eigenvalue weighted by Crippen LogP contribution is 2.26. The molecule has 0 aromatic carbocycles. The van der Waals surface area contributed by atoms with Gasteiger partial charge < -0.3 is 10.4 Å². The molecule has 6 nitrogen and oxygen atoms in total. The Hall–Kier alpha value is -1.85. The second kappa shape index (κ2) is 5.86. The molecule has 1 aromatic heterocycles. The number of rotatable bonds is 5. The first kappa shape index (κ1) is 15.2. The lowest BCUT2D eigenvalue weighted by atomic mass is 9.80. The molecule has 1 heterocycles. The van der Waals surface area contributed by atoms with E-state index in [1.165, 1.54) is 0 Å². The van der Waals surface area contributed by atoms with Gasteiger partial charge in [0.05, 0.1) is 5.69 Å². The Morgan fingerprint density at radius 3 is 2.53 bits per heavy atom. The van der Waals surface area contributed by atoms with Crippen molar-refractivity contribution in [2.45, 2.75) is 27.2 Å². The fraction of sp³-hybridized carbons (Fsp3) is 0.615. The second-order valence-electron chi connectivity index (χ2n) is 5.66. The smallest absolute Gasteiger partial charge is 0.316 e. The third-order valence-corrected chi connectivity index (χ3v) is 2.82. The highest BCUT2D eigenvalue weighted by Gasteiger charge is 2.37. The van der Waals surface area contributed by atoms with Crippen molar-refractivity contribution in [2.75, 3.05) is 6.54 Å². The van der Waals surface area contributed by atoms with Crippen LogP contribution in [0.3, 0.4) is 0 Å². The summed E-state index contributed by atoms with van der Waals surface area (Å²) >= 11 is 0. The number of carbonyl (C=O) groups is 2. The Kier molecular flexibility index (Phi) is 4.69. The summed E-state index contributed by atoms with van der Waals surface area (Å²) < 4.78 is 1.69. The van der Waals surface area contributed by atoms with Crippen LogP contribution < -0.4 is 5.32 Å². The average Bonchev–Trinajstić information content (AvgIpc) is 2.61. The van der Waals surface area contributed by atoms with Crippen molar-refractivity contribution in [3.8, 4) is 0 Å². The maximum Gasteiger partial charge on any atom is 0.316 e. The zero-order valence-electron chi connectivity index (χ0n) is 11.8. The first-order valence-corrected chi connectivity index (χ1v) is 6.21. The van der Waals surface area contributed by atoms with Crippen LogP contribution in [0.2, 0.25) is 0 Å². The van der Waals surface area contributed by atoms with E-state index in [0.29, 0.717) is 13.0 Å². The van der Waals surface area contributed by atoms with E-state index in [1.807, 2.05) is 19.3 Å². The summed E-state index contributed by atoms with van der Waals surface area (Å²) in [7, 11) is 1.82. The van der Waals surface area contributed by atoms with E-state index in [0.717, 1.165) is 5.69 Å². The molecule has 0 aliphatic heterocycles. The molecular weight excluding hydrogens is 246 g/mol. The maximum atomic E-state index is 11.9. The molecule has 0 radical (unpaired) electrons. The van der Waals surface area contributed by atoms with Crippen LogP contribution >= 0.6 is 0 Å². The van der Waals surface area contributed by atoms with Crippen LogP contribution in [0.25, 0.3) is 0 Å². The van der Waals surface area contributed by atoms with Crippen LogP contribution in [-0.2, 0) is 23.1 Å². The van der Waals surface area contributed by atoms with Gasteiger partial charge in [0.1, 0.15) is 5.92 Å². The predicted molar refractivity (Wildman–Crippen MR) is 70.5 cm³/mol. The molecule has 1 rings (SSSR count). The van der Waals surface area contributed by atoms with E-state index in [2.05, 4.69) is 10.4 Å². The van der Waals surface area contributed by atoms with Gasteiger partial charge in [-0.05, 0) is 11.5 Å². The zero-order valence-corrected chi connectivity index (χ0v) is 11.8. The number of nitrogens with one attached hydrogen (secondary N) is 1. The number of aryl methyl sites for hydroxylation is 1. The van der Waals surface area contributed by atoms with Crippen LogP contribution in [0, 0.1) is 11.3 Å². The fourth-order valence-electron chi connectivity index (χ4n) is 1.89. The van der Waals surface area contributed by atoms with Gasteiger partial charge >= 0.3 is 5.97 Å². The Morgan fingerprint density at radius 1 is 1.47 bits per heavy atom. The van der Waals surface area contributed by atoms with Gasteiger partial charge in [-0.1, -0.05) is 20.8 Å². The molecule has 106 valence electrons. The lowest BCUT2D eigenvalue weighted by molar-refractivity contribution is -0.151. The SMILES string of the molecule is Cn1ccc(CCNC(=O)C(C(=O)O)C(C)(C)C)n1. The van der Waals surface area contributed by atoms with Gasteiger partial charge in [0.2, 0.25) is 5.91 Å².